The van der Waals surface area contributed by atoms with Gasteiger partial charge < -0.3 is 10.1 Å². The molecule has 1 amide bonds. The van der Waals surface area contributed by atoms with Crippen LogP contribution in [0, 0.1) is 0 Å². The van der Waals surface area contributed by atoms with Crippen LogP contribution in [0.25, 0.3) is 11.1 Å². The molecule has 2 aromatic carbocycles. The lowest BCUT2D eigenvalue weighted by Gasteiger charge is -2.25. The van der Waals surface area contributed by atoms with E-state index in [1.807, 2.05) is 43.3 Å². The van der Waals surface area contributed by atoms with Gasteiger partial charge in [-0.2, -0.15) is 0 Å². The zero-order chi connectivity index (χ0) is 17.2. The average Bonchev–Trinajstić information content (AvgIpc) is 3.06. The minimum atomic E-state index is 0.0361. The fourth-order valence-electron chi connectivity index (χ4n) is 3.36. The van der Waals surface area contributed by atoms with Gasteiger partial charge >= 0.3 is 0 Å². The molecule has 1 atom stereocenters. The predicted molar refractivity (Wildman–Crippen MR) is 102 cm³/mol. The maximum absolute atomic E-state index is 12.4. The third kappa shape index (κ3) is 2.94. The molecule has 0 radical (unpaired) electrons. The number of fused-ring (bicyclic) bond motifs is 1. The lowest BCUT2D eigenvalue weighted by atomic mass is 9.88. The molecule has 126 valence electrons. The number of thiophene rings is 1. The zero-order valence-corrected chi connectivity index (χ0v) is 14.8. The average molecular weight is 349 g/mol. The van der Waals surface area contributed by atoms with Crippen molar-refractivity contribution in [2.45, 2.75) is 19.3 Å². The van der Waals surface area contributed by atoms with E-state index in [1.165, 1.54) is 4.88 Å². The normalized spacial score (nSPS) is 16.2. The van der Waals surface area contributed by atoms with E-state index < -0.39 is 0 Å². The van der Waals surface area contributed by atoms with Crippen LogP contribution < -0.4 is 10.1 Å². The van der Waals surface area contributed by atoms with Crippen molar-refractivity contribution >= 4 is 22.9 Å². The van der Waals surface area contributed by atoms with Crippen LogP contribution in [0.15, 0.2) is 60.0 Å². The highest BCUT2D eigenvalue weighted by Gasteiger charge is 2.31. The molecule has 3 nitrogen and oxygen atoms in total. The van der Waals surface area contributed by atoms with Gasteiger partial charge in [0.05, 0.1) is 12.3 Å². The van der Waals surface area contributed by atoms with E-state index in [9.17, 15) is 4.79 Å². The molecule has 1 aliphatic heterocycles. The highest BCUT2D eigenvalue weighted by Crippen LogP contribution is 2.48. The third-order valence-electron chi connectivity index (χ3n) is 4.47. The first-order valence-electron chi connectivity index (χ1n) is 8.46. The zero-order valence-electron chi connectivity index (χ0n) is 14.0. The second-order valence-corrected chi connectivity index (χ2v) is 6.94. The van der Waals surface area contributed by atoms with E-state index in [0.29, 0.717) is 13.0 Å². The van der Waals surface area contributed by atoms with Crippen LogP contribution in [-0.2, 0) is 4.79 Å². The van der Waals surface area contributed by atoms with Gasteiger partial charge in [0.1, 0.15) is 5.75 Å². The molecular weight excluding hydrogens is 330 g/mol. The summed E-state index contributed by atoms with van der Waals surface area (Å²) in [6.07, 6.45) is 0.450. The highest BCUT2D eigenvalue weighted by molar-refractivity contribution is 7.11. The minimum absolute atomic E-state index is 0.0361. The smallest absolute Gasteiger partial charge is 0.225 e. The number of anilines is 1. The number of nitrogens with one attached hydrogen (secondary N) is 1. The maximum atomic E-state index is 12.4. The lowest BCUT2D eigenvalue weighted by molar-refractivity contribution is -0.116. The molecule has 4 heteroatoms. The lowest BCUT2D eigenvalue weighted by Crippen LogP contribution is -2.22. The number of carbonyl (C=O) groups excluding carboxylic acids is 1. The van der Waals surface area contributed by atoms with E-state index in [-0.39, 0.29) is 11.8 Å². The Hall–Kier alpha value is -2.59. The van der Waals surface area contributed by atoms with Crippen molar-refractivity contribution in [3.05, 3.63) is 70.4 Å². The predicted octanol–water partition coefficient (Wildman–Crippen LogP) is 5.29. The summed E-state index contributed by atoms with van der Waals surface area (Å²) in [5.74, 6) is 0.957. The number of hydrogen-bond acceptors (Lipinski definition) is 3. The molecule has 2 heterocycles. The van der Waals surface area contributed by atoms with Gasteiger partial charge in [0, 0.05) is 33.7 Å². The Labute approximate surface area is 151 Å². The Kier molecular flexibility index (Phi) is 4.28. The van der Waals surface area contributed by atoms with Crippen molar-refractivity contribution < 1.29 is 9.53 Å². The van der Waals surface area contributed by atoms with Crippen LogP contribution in [0.4, 0.5) is 5.69 Å². The summed E-state index contributed by atoms with van der Waals surface area (Å²) in [6.45, 7) is 2.59. The fourth-order valence-corrected chi connectivity index (χ4v) is 4.52. The van der Waals surface area contributed by atoms with Gasteiger partial charge in [-0.05, 0) is 18.6 Å². The van der Waals surface area contributed by atoms with E-state index in [4.69, 9.17) is 4.74 Å². The molecule has 1 N–H and O–H groups in total. The molecule has 0 spiro atoms. The number of ether oxygens (including phenoxy) is 1. The van der Waals surface area contributed by atoms with E-state index >= 15 is 0 Å². The quantitative estimate of drug-likeness (QED) is 0.695. The van der Waals surface area contributed by atoms with Crippen LogP contribution >= 0.6 is 11.3 Å². The first-order valence-corrected chi connectivity index (χ1v) is 9.34. The Morgan fingerprint density at radius 1 is 1.12 bits per heavy atom. The summed E-state index contributed by atoms with van der Waals surface area (Å²) in [6, 6.07) is 18.2. The van der Waals surface area contributed by atoms with Gasteiger partial charge in [0.15, 0.2) is 0 Å². The third-order valence-corrected chi connectivity index (χ3v) is 5.57. The summed E-state index contributed by atoms with van der Waals surface area (Å²) < 4.78 is 5.80. The maximum Gasteiger partial charge on any atom is 0.225 e. The van der Waals surface area contributed by atoms with E-state index in [2.05, 4.69) is 28.9 Å². The molecule has 1 aliphatic rings. The molecule has 4 rings (SSSR count). The summed E-state index contributed by atoms with van der Waals surface area (Å²) in [5, 5.41) is 5.23. The first-order chi connectivity index (χ1) is 12.3. The number of hydrogen-bond donors (Lipinski definition) is 1. The fraction of sp³-hybridized carbons (Fsp3) is 0.190. The van der Waals surface area contributed by atoms with Gasteiger partial charge in [0.25, 0.3) is 0 Å². The Balaban J connectivity index is 1.82. The Morgan fingerprint density at radius 2 is 1.88 bits per heavy atom. The summed E-state index contributed by atoms with van der Waals surface area (Å²) in [7, 11) is 0. The van der Waals surface area contributed by atoms with Crippen molar-refractivity contribution in [1.82, 2.24) is 0 Å². The van der Waals surface area contributed by atoms with Crippen LogP contribution in [0.5, 0.6) is 5.75 Å². The molecule has 0 saturated heterocycles. The van der Waals surface area contributed by atoms with Gasteiger partial charge in [-0.1, -0.05) is 48.5 Å². The summed E-state index contributed by atoms with van der Waals surface area (Å²) >= 11 is 1.71. The molecule has 0 saturated carbocycles. The first kappa shape index (κ1) is 15.9. The standard InChI is InChI=1S/C21H19NO2S/c1-2-24-18-11-7-6-10-15(18)16-12-19(23)22-20-17(13-25-21(16)20)14-8-4-3-5-9-14/h3-11,13,16H,2,12H2,1H3,(H,22,23)/t16-/m1/s1. The summed E-state index contributed by atoms with van der Waals surface area (Å²) in [4.78, 5) is 13.6. The van der Waals surface area contributed by atoms with Crippen molar-refractivity contribution in [2.75, 3.05) is 11.9 Å². The molecular formula is C21H19NO2S. The largest absolute Gasteiger partial charge is 0.494 e. The molecule has 25 heavy (non-hydrogen) atoms. The number of amides is 1. The van der Waals surface area contributed by atoms with Crippen molar-refractivity contribution in [1.29, 1.82) is 0 Å². The number of para-hydroxylation sites is 1. The molecule has 0 unspecified atom stereocenters. The topological polar surface area (TPSA) is 38.3 Å². The monoisotopic (exact) mass is 349 g/mol. The van der Waals surface area contributed by atoms with Crippen molar-refractivity contribution in [3.63, 3.8) is 0 Å². The Morgan fingerprint density at radius 3 is 2.68 bits per heavy atom. The van der Waals surface area contributed by atoms with Crippen LogP contribution in [0.3, 0.4) is 0 Å². The molecule has 0 fully saturated rings. The Bertz CT molecular complexity index is 901. The van der Waals surface area contributed by atoms with Crippen LogP contribution in [0.2, 0.25) is 0 Å². The van der Waals surface area contributed by atoms with Crippen molar-refractivity contribution in [3.8, 4) is 16.9 Å². The molecule has 0 bridgehead atoms. The second-order valence-electron chi connectivity index (χ2n) is 6.03. The molecule has 3 aromatic rings. The van der Waals surface area contributed by atoms with Crippen LogP contribution in [0.1, 0.15) is 29.7 Å². The molecule has 1 aromatic heterocycles. The van der Waals surface area contributed by atoms with Crippen molar-refractivity contribution in [2.24, 2.45) is 0 Å². The van der Waals surface area contributed by atoms with Crippen LogP contribution in [-0.4, -0.2) is 12.5 Å². The summed E-state index contributed by atoms with van der Waals surface area (Å²) in [5.41, 5.74) is 4.25. The van der Waals surface area contributed by atoms with Gasteiger partial charge in [-0.3, -0.25) is 4.79 Å². The number of benzene rings is 2. The van der Waals surface area contributed by atoms with Gasteiger partial charge in [-0.25, -0.2) is 0 Å². The number of rotatable bonds is 4. The SMILES string of the molecule is CCOc1ccccc1[C@H]1CC(=O)Nc2c(-c3ccccc3)csc21. The van der Waals surface area contributed by atoms with E-state index in [0.717, 1.165) is 28.1 Å². The minimum Gasteiger partial charge on any atom is -0.494 e. The number of carbonyl (C=O) groups is 1. The van der Waals surface area contributed by atoms with E-state index in [1.54, 1.807) is 11.3 Å². The second kappa shape index (κ2) is 6.73. The van der Waals surface area contributed by atoms with Gasteiger partial charge in [-0.15, -0.1) is 11.3 Å². The molecule has 0 aliphatic carbocycles. The van der Waals surface area contributed by atoms with Gasteiger partial charge in [0.2, 0.25) is 5.91 Å². The highest BCUT2D eigenvalue weighted by atomic mass is 32.1.